The zero-order valence-corrected chi connectivity index (χ0v) is 9.78. The van der Waals surface area contributed by atoms with Crippen molar-refractivity contribution in [1.82, 2.24) is 4.90 Å². The van der Waals surface area contributed by atoms with Crippen molar-refractivity contribution in [3.8, 4) is 6.07 Å². The molecule has 0 fully saturated rings. The highest BCUT2D eigenvalue weighted by Crippen LogP contribution is 2.35. The highest BCUT2D eigenvalue weighted by molar-refractivity contribution is 5.35. The van der Waals surface area contributed by atoms with Gasteiger partial charge in [0.05, 0.1) is 18.2 Å². The summed E-state index contributed by atoms with van der Waals surface area (Å²) in [5, 5.41) is 17.8. The van der Waals surface area contributed by atoms with Gasteiger partial charge in [0.15, 0.2) is 0 Å². The number of alkyl halides is 3. The summed E-state index contributed by atoms with van der Waals surface area (Å²) in [5.41, 5.74) is -0.912. The minimum absolute atomic E-state index is 0.0940. The second kappa shape index (κ2) is 5.85. The van der Waals surface area contributed by atoms with Gasteiger partial charge in [-0.1, -0.05) is 18.2 Å². The van der Waals surface area contributed by atoms with Gasteiger partial charge in [-0.2, -0.15) is 18.4 Å². The van der Waals surface area contributed by atoms with Crippen molar-refractivity contribution in [2.24, 2.45) is 0 Å². The zero-order chi connectivity index (χ0) is 13.8. The second-order valence-corrected chi connectivity index (χ2v) is 3.82. The lowest BCUT2D eigenvalue weighted by Crippen LogP contribution is -2.28. The van der Waals surface area contributed by atoms with Crippen LogP contribution in [0.15, 0.2) is 24.3 Å². The van der Waals surface area contributed by atoms with Crippen LogP contribution in [-0.4, -0.2) is 30.2 Å². The Labute approximate surface area is 103 Å². The van der Waals surface area contributed by atoms with Gasteiger partial charge in [0.1, 0.15) is 6.04 Å². The van der Waals surface area contributed by atoms with E-state index in [1.54, 1.807) is 0 Å². The summed E-state index contributed by atoms with van der Waals surface area (Å²) >= 11 is 0. The van der Waals surface area contributed by atoms with E-state index in [-0.39, 0.29) is 18.7 Å². The molecule has 0 amide bonds. The summed E-state index contributed by atoms with van der Waals surface area (Å²) in [5.74, 6) is 0. The Hall–Kier alpha value is -1.58. The third kappa shape index (κ3) is 3.22. The smallest absolute Gasteiger partial charge is 0.395 e. The summed E-state index contributed by atoms with van der Waals surface area (Å²) in [4.78, 5) is 1.38. The molecule has 0 spiro atoms. The maximum atomic E-state index is 12.8. The van der Waals surface area contributed by atoms with Crippen molar-refractivity contribution in [3.05, 3.63) is 35.4 Å². The van der Waals surface area contributed by atoms with Crippen molar-refractivity contribution < 1.29 is 18.3 Å². The summed E-state index contributed by atoms with van der Waals surface area (Å²) in [7, 11) is 1.50. The fraction of sp³-hybridized carbons (Fsp3) is 0.417. The number of rotatable bonds is 4. The summed E-state index contributed by atoms with van der Waals surface area (Å²) in [6.07, 6.45) is -4.49. The van der Waals surface area contributed by atoms with Crippen molar-refractivity contribution in [3.63, 3.8) is 0 Å². The van der Waals surface area contributed by atoms with Crippen molar-refractivity contribution in [2.75, 3.05) is 20.2 Å². The Morgan fingerprint density at radius 2 is 2.00 bits per heavy atom. The number of benzene rings is 1. The molecule has 1 aromatic rings. The summed E-state index contributed by atoms with van der Waals surface area (Å²) < 4.78 is 38.5. The first-order valence-electron chi connectivity index (χ1n) is 5.28. The SMILES string of the molecule is CN(CCO)C(C#N)c1ccccc1C(F)(F)F. The number of aliphatic hydroxyl groups is 1. The monoisotopic (exact) mass is 258 g/mol. The number of hydrogen-bond donors (Lipinski definition) is 1. The van der Waals surface area contributed by atoms with Crippen LogP contribution in [0.2, 0.25) is 0 Å². The number of nitrogens with zero attached hydrogens (tertiary/aromatic N) is 2. The van der Waals surface area contributed by atoms with Gasteiger partial charge in [0.2, 0.25) is 0 Å². The Morgan fingerprint density at radius 1 is 1.39 bits per heavy atom. The molecule has 1 unspecified atom stereocenters. The lowest BCUT2D eigenvalue weighted by atomic mass is 10.00. The molecule has 0 saturated carbocycles. The van der Waals surface area contributed by atoms with E-state index in [0.717, 1.165) is 6.07 Å². The van der Waals surface area contributed by atoms with E-state index in [4.69, 9.17) is 10.4 Å². The van der Waals surface area contributed by atoms with Crippen molar-refractivity contribution in [2.45, 2.75) is 12.2 Å². The third-order valence-corrected chi connectivity index (χ3v) is 2.58. The van der Waals surface area contributed by atoms with Gasteiger partial charge >= 0.3 is 6.18 Å². The molecule has 0 aromatic heterocycles. The van der Waals surface area contributed by atoms with E-state index in [1.165, 1.54) is 30.1 Å². The summed E-state index contributed by atoms with van der Waals surface area (Å²) in [6.45, 7) is -0.0900. The van der Waals surface area contributed by atoms with Crippen LogP contribution in [0.3, 0.4) is 0 Å². The number of nitriles is 1. The van der Waals surface area contributed by atoms with Crippen LogP contribution >= 0.6 is 0 Å². The molecule has 1 aromatic carbocycles. The molecular weight excluding hydrogens is 245 g/mol. The van der Waals surface area contributed by atoms with Gasteiger partial charge in [-0.05, 0) is 18.7 Å². The van der Waals surface area contributed by atoms with Crippen molar-refractivity contribution >= 4 is 0 Å². The van der Waals surface area contributed by atoms with Crippen LogP contribution in [0, 0.1) is 11.3 Å². The number of halogens is 3. The topological polar surface area (TPSA) is 47.3 Å². The van der Waals surface area contributed by atoms with Gasteiger partial charge in [0, 0.05) is 6.54 Å². The van der Waals surface area contributed by atoms with Crippen LogP contribution in [0.25, 0.3) is 0 Å². The molecule has 0 heterocycles. The average Bonchev–Trinajstić information content (AvgIpc) is 2.29. The Morgan fingerprint density at radius 3 is 2.50 bits per heavy atom. The van der Waals surface area contributed by atoms with Crippen LogP contribution in [0.4, 0.5) is 13.2 Å². The van der Waals surface area contributed by atoms with Crippen LogP contribution in [-0.2, 0) is 6.18 Å². The largest absolute Gasteiger partial charge is 0.416 e. The molecule has 6 heteroatoms. The predicted molar refractivity (Wildman–Crippen MR) is 59.5 cm³/mol. The van der Waals surface area contributed by atoms with Crippen molar-refractivity contribution in [1.29, 1.82) is 5.26 Å². The van der Waals surface area contributed by atoms with Gasteiger partial charge in [-0.15, -0.1) is 0 Å². The van der Waals surface area contributed by atoms with E-state index in [0.29, 0.717) is 0 Å². The van der Waals surface area contributed by atoms with Gasteiger partial charge in [-0.3, -0.25) is 4.90 Å². The molecule has 0 aliphatic heterocycles. The molecule has 98 valence electrons. The Balaban J connectivity index is 3.19. The normalized spacial score (nSPS) is 13.4. The maximum absolute atomic E-state index is 12.8. The fourth-order valence-corrected chi connectivity index (χ4v) is 1.69. The molecule has 1 N–H and O–H groups in total. The molecule has 1 atom stereocenters. The lowest BCUT2D eigenvalue weighted by molar-refractivity contribution is -0.138. The Kier molecular flexibility index (Phi) is 4.70. The molecule has 1 rings (SSSR count). The van der Waals surface area contributed by atoms with E-state index in [9.17, 15) is 13.2 Å². The van der Waals surface area contributed by atoms with Gasteiger partial charge < -0.3 is 5.11 Å². The molecule has 0 aliphatic rings. The first-order chi connectivity index (χ1) is 8.41. The average molecular weight is 258 g/mol. The molecule has 0 bridgehead atoms. The molecule has 0 saturated heterocycles. The lowest BCUT2D eigenvalue weighted by Gasteiger charge is -2.24. The molecule has 0 radical (unpaired) electrons. The number of aliphatic hydroxyl groups excluding tert-OH is 1. The predicted octanol–water partition coefficient (Wildman–Crippen LogP) is 2.19. The highest BCUT2D eigenvalue weighted by atomic mass is 19.4. The highest BCUT2D eigenvalue weighted by Gasteiger charge is 2.35. The first-order valence-corrected chi connectivity index (χ1v) is 5.28. The van der Waals surface area contributed by atoms with E-state index < -0.39 is 17.8 Å². The molecule has 18 heavy (non-hydrogen) atoms. The summed E-state index contributed by atoms with van der Waals surface area (Å²) in [6, 6.07) is 5.78. The molecular formula is C12H13F3N2O. The Bertz CT molecular complexity index is 440. The molecule has 0 aliphatic carbocycles. The first kappa shape index (κ1) is 14.5. The molecule has 3 nitrogen and oxygen atoms in total. The van der Waals surface area contributed by atoms with E-state index in [2.05, 4.69) is 0 Å². The number of likely N-dealkylation sites (N-methyl/N-ethyl adjacent to an activating group) is 1. The second-order valence-electron chi connectivity index (χ2n) is 3.82. The maximum Gasteiger partial charge on any atom is 0.416 e. The van der Waals surface area contributed by atoms with Gasteiger partial charge in [-0.25, -0.2) is 0 Å². The fourth-order valence-electron chi connectivity index (χ4n) is 1.69. The van der Waals surface area contributed by atoms with Gasteiger partial charge in [0.25, 0.3) is 0 Å². The number of hydrogen-bond acceptors (Lipinski definition) is 3. The van der Waals surface area contributed by atoms with E-state index >= 15 is 0 Å². The van der Waals surface area contributed by atoms with Crippen LogP contribution in [0.5, 0.6) is 0 Å². The quantitative estimate of drug-likeness (QED) is 0.900. The van der Waals surface area contributed by atoms with Crippen LogP contribution in [0.1, 0.15) is 17.2 Å². The zero-order valence-electron chi connectivity index (χ0n) is 9.78. The minimum atomic E-state index is -4.49. The minimum Gasteiger partial charge on any atom is -0.395 e. The van der Waals surface area contributed by atoms with Crippen LogP contribution < -0.4 is 0 Å². The van der Waals surface area contributed by atoms with E-state index in [1.807, 2.05) is 6.07 Å². The third-order valence-electron chi connectivity index (χ3n) is 2.58. The standard InChI is InChI=1S/C12H13F3N2O/c1-17(6-7-18)11(8-16)9-4-2-3-5-10(9)12(13,14)15/h2-5,11,18H,6-7H2,1H3.